The first-order valence-electron chi connectivity index (χ1n) is 11.0. The number of carbonyl (C=O) groups is 3. The van der Waals surface area contributed by atoms with Gasteiger partial charge in [-0.3, -0.25) is 9.59 Å². The molecule has 0 aliphatic carbocycles. The number of anilines is 1. The lowest BCUT2D eigenvalue weighted by Gasteiger charge is -2.09. The van der Waals surface area contributed by atoms with Crippen LogP contribution in [0.1, 0.15) is 43.9 Å². The van der Waals surface area contributed by atoms with E-state index in [9.17, 15) is 14.4 Å². The van der Waals surface area contributed by atoms with Gasteiger partial charge in [-0.2, -0.15) is 0 Å². The zero-order valence-electron chi connectivity index (χ0n) is 20.2. The molecular formula is C24H27N5O5S2. The molecule has 12 heteroatoms. The first kappa shape index (κ1) is 27.0. The molecule has 3 aromatic rings. The Kier molecular flexibility index (Phi) is 9.25. The van der Waals surface area contributed by atoms with E-state index in [1.165, 1.54) is 11.8 Å². The quantitative estimate of drug-likeness (QED) is 0.207. The molecule has 36 heavy (non-hydrogen) atoms. The number of ether oxygens (including phenoxy) is 2. The van der Waals surface area contributed by atoms with Crippen LogP contribution in [0.25, 0.3) is 0 Å². The maximum Gasteiger partial charge on any atom is 0.341 e. The van der Waals surface area contributed by atoms with Gasteiger partial charge in [0.25, 0.3) is 5.91 Å². The number of benzene rings is 1. The van der Waals surface area contributed by atoms with Crippen molar-refractivity contribution in [2.24, 2.45) is 5.73 Å². The predicted octanol–water partition coefficient (Wildman–Crippen LogP) is 3.44. The van der Waals surface area contributed by atoms with Crippen LogP contribution in [0.4, 0.5) is 5.00 Å². The Balaban J connectivity index is 1.73. The van der Waals surface area contributed by atoms with E-state index < -0.39 is 11.9 Å². The van der Waals surface area contributed by atoms with Crippen molar-refractivity contribution in [3.8, 4) is 5.75 Å². The summed E-state index contributed by atoms with van der Waals surface area (Å²) in [6, 6.07) is 7.67. The van der Waals surface area contributed by atoms with E-state index in [1.807, 2.05) is 28.8 Å². The third-order valence-corrected chi connectivity index (χ3v) is 7.25. The lowest BCUT2D eigenvalue weighted by atomic mass is 10.1. The van der Waals surface area contributed by atoms with Crippen LogP contribution in [-0.4, -0.2) is 52.0 Å². The molecule has 1 aromatic carbocycles. The lowest BCUT2D eigenvalue weighted by molar-refractivity contribution is -0.113. The molecule has 0 fully saturated rings. The average Bonchev–Trinajstić information content (AvgIpc) is 3.38. The largest absolute Gasteiger partial charge is 0.497 e. The summed E-state index contributed by atoms with van der Waals surface area (Å²) < 4.78 is 12.2. The van der Waals surface area contributed by atoms with Gasteiger partial charge in [0.05, 0.1) is 29.9 Å². The van der Waals surface area contributed by atoms with Gasteiger partial charge in [-0.15, -0.1) is 28.1 Å². The number of rotatable bonds is 12. The Labute approximate surface area is 216 Å². The summed E-state index contributed by atoms with van der Waals surface area (Å²) in [5, 5.41) is 12.0. The number of thiophene rings is 1. The van der Waals surface area contributed by atoms with Crippen LogP contribution in [0, 0.1) is 6.92 Å². The Hall–Kier alpha value is -3.64. The Morgan fingerprint density at radius 3 is 2.58 bits per heavy atom. The molecule has 0 saturated heterocycles. The van der Waals surface area contributed by atoms with E-state index in [-0.39, 0.29) is 33.7 Å². The van der Waals surface area contributed by atoms with Gasteiger partial charge in [0.15, 0.2) is 5.16 Å². The third-order valence-electron chi connectivity index (χ3n) is 5.06. The highest BCUT2D eigenvalue weighted by molar-refractivity contribution is 7.99. The number of amides is 2. The predicted molar refractivity (Wildman–Crippen MR) is 139 cm³/mol. The number of nitrogens with two attached hydrogens (primary N) is 1. The minimum atomic E-state index is -0.681. The van der Waals surface area contributed by atoms with Gasteiger partial charge in [0.2, 0.25) is 5.91 Å². The van der Waals surface area contributed by atoms with E-state index in [0.29, 0.717) is 23.7 Å². The number of allylic oxidation sites excluding steroid dienone is 1. The molecule has 3 N–H and O–H groups in total. The fourth-order valence-corrected chi connectivity index (χ4v) is 5.20. The molecule has 0 atom stereocenters. The summed E-state index contributed by atoms with van der Waals surface area (Å²) in [6.07, 6.45) is 2.28. The maximum absolute atomic E-state index is 12.8. The van der Waals surface area contributed by atoms with Crippen molar-refractivity contribution in [2.75, 3.05) is 24.8 Å². The molecule has 0 bridgehead atoms. The molecule has 0 aliphatic heterocycles. The van der Waals surface area contributed by atoms with Gasteiger partial charge >= 0.3 is 5.97 Å². The molecule has 10 nitrogen and oxygen atoms in total. The van der Waals surface area contributed by atoms with Crippen LogP contribution in [0.5, 0.6) is 5.75 Å². The van der Waals surface area contributed by atoms with E-state index in [4.69, 9.17) is 15.2 Å². The third kappa shape index (κ3) is 6.32. The molecule has 190 valence electrons. The van der Waals surface area contributed by atoms with Crippen LogP contribution in [0.2, 0.25) is 0 Å². The molecule has 0 saturated carbocycles. The summed E-state index contributed by atoms with van der Waals surface area (Å²) in [5.41, 5.74) is 6.97. The monoisotopic (exact) mass is 529 g/mol. The zero-order valence-corrected chi connectivity index (χ0v) is 21.8. The topological polar surface area (TPSA) is 138 Å². The number of primary amides is 1. The Bertz CT molecular complexity index is 1270. The van der Waals surface area contributed by atoms with Crippen molar-refractivity contribution in [3.63, 3.8) is 0 Å². The summed E-state index contributed by atoms with van der Waals surface area (Å²) in [6.45, 7) is 7.70. The molecule has 3 rings (SSSR count). The maximum atomic E-state index is 12.8. The van der Waals surface area contributed by atoms with E-state index in [1.54, 1.807) is 27.0 Å². The molecular weight excluding hydrogens is 502 g/mol. The van der Waals surface area contributed by atoms with Gasteiger partial charge in [0.1, 0.15) is 16.6 Å². The lowest BCUT2D eigenvalue weighted by Crippen LogP contribution is -2.17. The standard InChI is InChI=1S/C24H27N5O5S2/c1-5-11-29-17(12-15-7-9-16(33-4)10-8-15)27-28-24(29)35-13-18(30)26-22-19(23(32)34-6-2)14(3)20(36-22)21(25)31/h5,7-10H,1,6,11-13H2,2-4H3,(H2,25,31)(H,26,30). The highest BCUT2D eigenvalue weighted by Gasteiger charge is 2.26. The van der Waals surface area contributed by atoms with Crippen molar-refractivity contribution in [1.29, 1.82) is 0 Å². The van der Waals surface area contributed by atoms with Crippen molar-refractivity contribution in [2.45, 2.75) is 32.0 Å². The number of hydrogen-bond donors (Lipinski definition) is 2. The van der Waals surface area contributed by atoms with Crippen LogP contribution < -0.4 is 15.8 Å². The zero-order chi connectivity index (χ0) is 26.2. The SMILES string of the molecule is C=CCn1c(Cc2ccc(OC)cc2)nnc1SCC(=O)Nc1sc(C(N)=O)c(C)c1C(=O)OCC. The first-order valence-corrected chi connectivity index (χ1v) is 12.8. The number of thioether (sulfide) groups is 1. The van der Waals surface area contributed by atoms with E-state index >= 15 is 0 Å². The average molecular weight is 530 g/mol. The minimum Gasteiger partial charge on any atom is -0.497 e. The van der Waals surface area contributed by atoms with Crippen molar-refractivity contribution in [1.82, 2.24) is 14.8 Å². The summed E-state index contributed by atoms with van der Waals surface area (Å²) in [5.74, 6) is -0.192. The van der Waals surface area contributed by atoms with Gasteiger partial charge in [-0.1, -0.05) is 30.0 Å². The highest BCUT2D eigenvalue weighted by Crippen LogP contribution is 2.34. The summed E-state index contributed by atoms with van der Waals surface area (Å²) >= 11 is 2.15. The van der Waals surface area contributed by atoms with Crippen LogP contribution in [-0.2, 0) is 22.5 Å². The van der Waals surface area contributed by atoms with Crippen molar-refractivity contribution >= 4 is 45.9 Å². The number of esters is 1. The normalized spacial score (nSPS) is 10.6. The number of methoxy groups -OCH3 is 1. The first-order chi connectivity index (χ1) is 17.3. The van der Waals surface area contributed by atoms with Gasteiger partial charge in [-0.05, 0) is 37.1 Å². The second-order valence-electron chi connectivity index (χ2n) is 7.50. The summed E-state index contributed by atoms with van der Waals surface area (Å²) in [7, 11) is 1.61. The smallest absolute Gasteiger partial charge is 0.341 e. The van der Waals surface area contributed by atoms with Crippen LogP contribution in [0.15, 0.2) is 42.1 Å². The minimum absolute atomic E-state index is 0.00291. The number of nitrogens with one attached hydrogen (secondary N) is 1. The molecule has 2 heterocycles. The van der Waals surface area contributed by atoms with E-state index in [0.717, 1.165) is 28.5 Å². The molecule has 0 aliphatic rings. The number of hydrogen-bond acceptors (Lipinski definition) is 9. The molecule has 0 radical (unpaired) electrons. The number of nitrogens with zero attached hydrogens (tertiary/aromatic N) is 3. The Morgan fingerprint density at radius 2 is 1.97 bits per heavy atom. The molecule has 2 amide bonds. The van der Waals surface area contributed by atoms with Gasteiger partial charge in [-0.25, -0.2) is 4.79 Å². The van der Waals surface area contributed by atoms with Crippen LogP contribution >= 0.6 is 23.1 Å². The fourth-order valence-electron chi connectivity index (χ4n) is 3.37. The Morgan fingerprint density at radius 1 is 1.25 bits per heavy atom. The second-order valence-corrected chi connectivity index (χ2v) is 9.47. The van der Waals surface area contributed by atoms with Gasteiger partial charge < -0.3 is 25.1 Å². The molecule has 0 unspecified atom stereocenters. The van der Waals surface area contributed by atoms with Crippen LogP contribution in [0.3, 0.4) is 0 Å². The summed E-state index contributed by atoms with van der Waals surface area (Å²) in [4.78, 5) is 37.1. The fraction of sp³-hybridized carbons (Fsp3) is 0.292. The number of aromatic nitrogens is 3. The second kappa shape index (κ2) is 12.4. The highest BCUT2D eigenvalue weighted by atomic mass is 32.2. The molecule has 2 aromatic heterocycles. The van der Waals surface area contributed by atoms with E-state index in [2.05, 4.69) is 22.1 Å². The number of carbonyl (C=O) groups excluding carboxylic acids is 3. The van der Waals surface area contributed by atoms with Crippen molar-refractivity contribution in [3.05, 3.63) is 64.3 Å². The molecule has 0 spiro atoms. The van der Waals surface area contributed by atoms with Crippen molar-refractivity contribution < 1.29 is 23.9 Å². The van der Waals surface area contributed by atoms with Gasteiger partial charge in [0, 0.05) is 13.0 Å².